The van der Waals surface area contributed by atoms with E-state index in [0.717, 1.165) is 0 Å². The van der Waals surface area contributed by atoms with Gasteiger partial charge in [-0.2, -0.15) is 0 Å². The predicted octanol–water partition coefficient (Wildman–Crippen LogP) is 0.115. The van der Waals surface area contributed by atoms with Gasteiger partial charge in [-0.05, 0) is 0 Å². The third kappa shape index (κ3) is 2.86. The molecule has 1 amide bonds. The van der Waals surface area contributed by atoms with E-state index in [1.54, 1.807) is 17.3 Å². The fourth-order valence-corrected chi connectivity index (χ4v) is 1.82. The van der Waals surface area contributed by atoms with Crippen molar-refractivity contribution in [2.75, 3.05) is 26.8 Å². The van der Waals surface area contributed by atoms with Gasteiger partial charge < -0.3 is 14.4 Å². The first-order valence-electron chi connectivity index (χ1n) is 5.66. The van der Waals surface area contributed by atoms with E-state index < -0.39 is 0 Å². The van der Waals surface area contributed by atoms with Crippen molar-refractivity contribution >= 4 is 12.0 Å². The molecule has 1 unspecified atom stereocenters. The van der Waals surface area contributed by atoms with Crippen LogP contribution in [-0.2, 0) is 14.3 Å². The monoisotopic (exact) mass is 253 g/mol. The van der Waals surface area contributed by atoms with Crippen molar-refractivity contribution in [1.82, 2.24) is 14.5 Å². The Morgan fingerprint density at radius 3 is 3.06 bits per heavy atom. The number of nitrogens with zero attached hydrogens (tertiary/aromatic N) is 3. The van der Waals surface area contributed by atoms with Crippen molar-refractivity contribution in [2.45, 2.75) is 12.5 Å². The fraction of sp³-hybridized carbons (Fsp3) is 0.545. The van der Waals surface area contributed by atoms with Crippen LogP contribution in [0.2, 0.25) is 0 Å². The van der Waals surface area contributed by atoms with E-state index in [1.165, 1.54) is 18.0 Å². The average molecular weight is 253 g/mol. The molecule has 0 N–H and O–H groups in total. The lowest BCUT2D eigenvalue weighted by atomic mass is 10.2. The third-order valence-electron chi connectivity index (χ3n) is 2.76. The van der Waals surface area contributed by atoms with Gasteiger partial charge in [0.15, 0.2) is 0 Å². The summed E-state index contributed by atoms with van der Waals surface area (Å²) >= 11 is 0. The lowest BCUT2D eigenvalue weighted by Crippen LogP contribution is -2.47. The molecule has 0 radical (unpaired) electrons. The van der Waals surface area contributed by atoms with E-state index in [1.807, 2.05) is 0 Å². The van der Waals surface area contributed by atoms with Gasteiger partial charge in [0.05, 0.1) is 26.2 Å². The number of methoxy groups -OCH3 is 1. The van der Waals surface area contributed by atoms with Gasteiger partial charge in [-0.3, -0.25) is 9.36 Å². The zero-order valence-electron chi connectivity index (χ0n) is 10.1. The first-order chi connectivity index (χ1) is 8.70. The van der Waals surface area contributed by atoms with Crippen LogP contribution in [0.3, 0.4) is 0 Å². The highest BCUT2D eigenvalue weighted by Crippen LogP contribution is 2.10. The molecular formula is C11H15N3O4. The highest BCUT2D eigenvalue weighted by atomic mass is 16.5. The summed E-state index contributed by atoms with van der Waals surface area (Å²) in [6.07, 6.45) is 4.44. The molecule has 2 heterocycles. The molecule has 1 aliphatic rings. The zero-order chi connectivity index (χ0) is 13.0. The Morgan fingerprint density at radius 2 is 2.39 bits per heavy atom. The lowest BCUT2D eigenvalue weighted by Gasteiger charge is -2.32. The molecule has 1 fully saturated rings. The molecule has 1 aliphatic heterocycles. The minimum Gasteiger partial charge on any atom is -0.469 e. The molecule has 7 heteroatoms. The number of morpholine rings is 1. The second-order valence-electron chi connectivity index (χ2n) is 3.97. The van der Waals surface area contributed by atoms with Gasteiger partial charge in [-0.25, -0.2) is 9.78 Å². The topological polar surface area (TPSA) is 73.7 Å². The third-order valence-corrected chi connectivity index (χ3v) is 2.76. The maximum Gasteiger partial charge on any atom is 0.329 e. The van der Waals surface area contributed by atoms with Crippen molar-refractivity contribution in [2.24, 2.45) is 0 Å². The molecule has 0 bridgehead atoms. The number of carbonyl (C=O) groups excluding carboxylic acids is 2. The summed E-state index contributed by atoms with van der Waals surface area (Å²) in [5.41, 5.74) is 0. The number of amides is 1. The van der Waals surface area contributed by atoms with Crippen LogP contribution >= 0.6 is 0 Å². The Kier molecular flexibility index (Phi) is 3.93. The summed E-state index contributed by atoms with van der Waals surface area (Å²) in [6, 6.07) is -0.161. The summed E-state index contributed by atoms with van der Waals surface area (Å²) in [4.78, 5) is 28.7. The van der Waals surface area contributed by atoms with Crippen LogP contribution < -0.4 is 0 Å². The molecule has 1 aromatic heterocycles. The Labute approximate surface area is 104 Å². The number of rotatable bonds is 2. The van der Waals surface area contributed by atoms with Crippen LogP contribution in [0, 0.1) is 0 Å². The van der Waals surface area contributed by atoms with Crippen molar-refractivity contribution in [1.29, 1.82) is 0 Å². The van der Waals surface area contributed by atoms with Gasteiger partial charge in [-0.1, -0.05) is 0 Å². The molecule has 1 atom stereocenters. The van der Waals surface area contributed by atoms with E-state index in [-0.39, 0.29) is 24.5 Å². The van der Waals surface area contributed by atoms with Gasteiger partial charge in [0, 0.05) is 25.5 Å². The molecule has 1 saturated heterocycles. The van der Waals surface area contributed by atoms with Crippen LogP contribution in [0.15, 0.2) is 18.7 Å². The number of hydrogen-bond donors (Lipinski definition) is 0. The van der Waals surface area contributed by atoms with Crippen molar-refractivity contribution in [3.05, 3.63) is 18.7 Å². The SMILES string of the molecule is COC(=O)CC1CN(C(=O)n2ccnc2)CCO1. The maximum absolute atomic E-state index is 12.0. The van der Waals surface area contributed by atoms with Gasteiger partial charge in [-0.15, -0.1) is 0 Å². The standard InChI is InChI=1S/C11H15N3O4/c1-17-10(15)6-9-7-13(4-5-18-9)11(16)14-3-2-12-8-14/h2-3,8-9H,4-7H2,1H3. The van der Waals surface area contributed by atoms with Crippen LogP contribution in [0.5, 0.6) is 0 Å². The highest BCUT2D eigenvalue weighted by Gasteiger charge is 2.26. The zero-order valence-corrected chi connectivity index (χ0v) is 10.1. The van der Waals surface area contributed by atoms with Gasteiger partial charge in [0.25, 0.3) is 0 Å². The summed E-state index contributed by atoms with van der Waals surface area (Å²) in [5, 5.41) is 0. The number of esters is 1. The smallest absolute Gasteiger partial charge is 0.329 e. The Balaban J connectivity index is 1.94. The average Bonchev–Trinajstić information content (AvgIpc) is 2.92. The normalized spacial score (nSPS) is 19.6. The number of ether oxygens (including phenoxy) is 2. The van der Waals surface area contributed by atoms with E-state index in [9.17, 15) is 9.59 Å². The first kappa shape index (κ1) is 12.6. The van der Waals surface area contributed by atoms with Gasteiger partial charge >= 0.3 is 12.0 Å². The molecule has 98 valence electrons. The van der Waals surface area contributed by atoms with E-state index in [0.29, 0.717) is 19.7 Å². The van der Waals surface area contributed by atoms with E-state index in [2.05, 4.69) is 9.72 Å². The summed E-state index contributed by atoms with van der Waals surface area (Å²) < 4.78 is 11.4. The molecule has 7 nitrogen and oxygen atoms in total. The number of aromatic nitrogens is 2. The summed E-state index contributed by atoms with van der Waals surface area (Å²) in [6.45, 7) is 1.31. The molecule has 0 spiro atoms. The molecule has 2 rings (SSSR count). The second kappa shape index (κ2) is 5.63. The Hall–Kier alpha value is -1.89. The number of carbonyl (C=O) groups is 2. The summed E-state index contributed by atoms with van der Waals surface area (Å²) in [5.74, 6) is -0.336. The number of hydrogen-bond acceptors (Lipinski definition) is 5. The minimum atomic E-state index is -0.336. The lowest BCUT2D eigenvalue weighted by molar-refractivity contribution is -0.145. The molecule has 18 heavy (non-hydrogen) atoms. The largest absolute Gasteiger partial charge is 0.469 e. The van der Waals surface area contributed by atoms with Crippen molar-refractivity contribution in [3.8, 4) is 0 Å². The van der Waals surface area contributed by atoms with Crippen molar-refractivity contribution < 1.29 is 19.1 Å². The minimum absolute atomic E-state index is 0.157. The second-order valence-corrected chi connectivity index (χ2v) is 3.97. The van der Waals surface area contributed by atoms with E-state index in [4.69, 9.17) is 4.74 Å². The molecule has 0 saturated carbocycles. The highest BCUT2D eigenvalue weighted by molar-refractivity contribution is 5.77. The van der Waals surface area contributed by atoms with Crippen LogP contribution in [-0.4, -0.2) is 59.4 Å². The van der Waals surface area contributed by atoms with Gasteiger partial charge in [0.2, 0.25) is 0 Å². The molecule has 0 aliphatic carbocycles. The Morgan fingerprint density at radius 1 is 1.56 bits per heavy atom. The van der Waals surface area contributed by atoms with Crippen molar-refractivity contribution in [3.63, 3.8) is 0 Å². The maximum atomic E-state index is 12.0. The fourth-order valence-electron chi connectivity index (χ4n) is 1.82. The summed E-state index contributed by atoms with van der Waals surface area (Å²) in [7, 11) is 1.33. The van der Waals surface area contributed by atoms with Crippen LogP contribution in [0.4, 0.5) is 4.79 Å². The van der Waals surface area contributed by atoms with Crippen LogP contribution in [0.25, 0.3) is 0 Å². The van der Waals surface area contributed by atoms with Gasteiger partial charge in [0.1, 0.15) is 6.33 Å². The van der Waals surface area contributed by atoms with Crippen LogP contribution in [0.1, 0.15) is 6.42 Å². The molecule has 1 aromatic rings. The molecule has 0 aromatic carbocycles. The van der Waals surface area contributed by atoms with E-state index >= 15 is 0 Å². The number of imidazole rings is 1. The Bertz CT molecular complexity index is 418. The quantitative estimate of drug-likeness (QED) is 0.700. The predicted molar refractivity (Wildman–Crippen MR) is 61.0 cm³/mol. The molecular weight excluding hydrogens is 238 g/mol. The first-order valence-corrected chi connectivity index (χ1v) is 5.66.